The minimum atomic E-state index is -0.432. The molecule has 30 heavy (non-hydrogen) atoms. The highest BCUT2D eigenvalue weighted by atomic mass is 35.5. The Morgan fingerprint density at radius 3 is 3.00 bits per heavy atom. The fraction of sp³-hybridized carbons (Fsp3) is 0.429. The Labute approximate surface area is 177 Å². The molecule has 5 heterocycles. The van der Waals surface area contributed by atoms with E-state index >= 15 is 0 Å². The van der Waals surface area contributed by atoms with E-state index in [1.165, 1.54) is 6.20 Å². The van der Waals surface area contributed by atoms with Crippen molar-refractivity contribution < 1.29 is 13.9 Å². The molecule has 2 aliphatic heterocycles. The van der Waals surface area contributed by atoms with E-state index in [4.69, 9.17) is 16.3 Å². The number of fused-ring (bicyclic) bond motifs is 1. The fourth-order valence-corrected chi connectivity index (χ4v) is 4.37. The van der Waals surface area contributed by atoms with E-state index in [-0.39, 0.29) is 11.8 Å². The van der Waals surface area contributed by atoms with Gasteiger partial charge in [0.1, 0.15) is 5.65 Å². The summed E-state index contributed by atoms with van der Waals surface area (Å²) in [5, 5.41) is 1.29. The van der Waals surface area contributed by atoms with Crippen LogP contribution in [0.15, 0.2) is 24.7 Å². The van der Waals surface area contributed by atoms with E-state index in [0.717, 1.165) is 17.4 Å². The number of rotatable bonds is 4. The summed E-state index contributed by atoms with van der Waals surface area (Å²) in [5.41, 5.74) is 1.35. The lowest BCUT2D eigenvalue weighted by molar-refractivity contribution is -0.167. The number of aromatic nitrogens is 4. The van der Waals surface area contributed by atoms with Crippen molar-refractivity contribution in [2.24, 2.45) is 11.3 Å². The number of hydrogen-bond donors (Lipinski definition) is 1. The Balaban J connectivity index is 1.36. The summed E-state index contributed by atoms with van der Waals surface area (Å²) in [6.07, 6.45) is 5.81. The molecule has 3 aromatic rings. The number of nitrogens with zero attached hydrogens (tertiary/aromatic N) is 4. The summed E-state index contributed by atoms with van der Waals surface area (Å²) in [6.45, 7) is 4.18. The molecular weight excluding hydrogens is 409 g/mol. The maximum absolute atomic E-state index is 14.5. The lowest BCUT2D eigenvalue weighted by atomic mass is 9.87. The van der Waals surface area contributed by atoms with Crippen LogP contribution in [0.1, 0.15) is 19.0 Å². The minimum Gasteiger partial charge on any atom is -0.379 e. The van der Waals surface area contributed by atoms with E-state index < -0.39 is 11.2 Å². The number of hydrogen-bond acceptors (Lipinski definition) is 5. The van der Waals surface area contributed by atoms with Crippen molar-refractivity contribution in [3.63, 3.8) is 0 Å². The van der Waals surface area contributed by atoms with Crippen LogP contribution in [0.2, 0.25) is 5.02 Å². The van der Waals surface area contributed by atoms with Crippen molar-refractivity contribution in [2.45, 2.75) is 19.8 Å². The minimum absolute atomic E-state index is 0.128. The number of nitrogens with one attached hydrogen (secondary N) is 1. The second-order valence-electron chi connectivity index (χ2n) is 8.40. The first-order valence-electron chi connectivity index (χ1n) is 9.94. The van der Waals surface area contributed by atoms with Crippen molar-refractivity contribution >= 4 is 28.5 Å². The maximum Gasteiger partial charge on any atom is 0.233 e. The van der Waals surface area contributed by atoms with Gasteiger partial charge in [-0.15, -0.1) is 0 Å². The van der Waals surface area contributed by atoms with Crippen molar-refractivity contribution in [3.05, 3.63) is 41.2 Å². The third-order valence-corrected chi connectivity index (χ3v) is 6.17. The molecule has 156 valence electrons. The first-order valence-corrected chi connectivity index (χ1v) is 10.3. The SMILES string of the molecule is CC1(C(=O)N2CC[C@@H](Cc3nc(-c4c[nH]c5ncc(Cl)cc45)ncc3F)C2)COC1. The zero-order valence-corrected chi connectivity index (χ0v) is 17.2. The van der Waals surface area contributed by atoms with Gasteiger partial charge in [0.25, 0.3) is 0 Å². The average molecular weight is 430 g/mol. The molecule has 0 aliphatic carbocycles. The number of pyridine rings is 1. The number of carbonyl (C=O) groups is 1. The van der Waals surface area contributed by atoms with E-state index in [2.05, 4.69) is 19.9 Å². The molecule has 7 nitrogen and oxygen atoms in total. The molecule has 2 fully saturated rings. The monoisotopic (exact) mass is 429 g/mol. The van der Waals surface area contributed by atoms with Crippen LogP contribution < -0.4 is 0 Å². The number of amides is 1. The number of halogens is 2. The Kier molecular flexibility index (Phi) is 4.71. The summed E-state index contributed by atoms with van der Waals surface area (Å²) < 4.78 is 19.7. The molecule has 5 rings (SSSR count). The third-order valence-electron chi connectivity index (χ3n) is 5.97. The summed E-state index contributed by atoms with van der Waals surface area (Å²) in [5.74, 6) is 0.281. The number of H-pyrrole nitrogens is 1. The molecule has 3 aromatic heterocycles. The molecule has 2 saturated heterocycles. The Morgan fingerprint density at radius 2 is 2.23 bits per heavy atom. The molecule has 0 aromatic carbocycles. The summed E-state index contributed by atoms with van der Waals surface area (Å²) in [4.78, 5) is 30.6. The zero-order chi connectivity index (χ0) is 20.9. The van der Waals surface area contributed by atoms with Crippen LogP contribution in [0, 0.1) is 17.2 Å². The normalized spacial score (nSPS) is 20.5. The number of ether oxygens (including phenoxy) is 1. The van der Waals surface area contributed by atoms with Gasteiger partial charge in [0.05, 0.1) is 35.5 Å². The van der Waals surface area contributed by atoms with Gasteiger partial charge >= 0.3 is 0 Å². The van der Waals surface area contributed by atoms with E-state index in [9.17, 15) is 9.18 Å². The van der Waals surface area contributed by atoms with Crippen molar-refractivity contribution in [3.8, 4) is 11.4 Å². The van der Waals surface area contributed by atoms with Crippen molar-refractivity contribution in [1.29, 1.82) is 0 Å². The number of aromatic amines is 1. The van der Waals surface area contributed by atoms with Gasteiger partial charge in [-0.05, 0) is 31.7 Å². The smallest absolute Gasteiger partial charge is 0.233 e. The van der Waals surface area contributed by atoms with Crippen LogP contribution in [0.3, 0.4) is 0 Å². The van der Waals surface area contributed by atoms with Crippen molar-refractivity contribution in [2.75, 3.05) is 26.3 Å². The lowest BCUT2D eigenvalue weighted by Crippen LogP contribution is -2.52. The second kappa shape index (κ2) is 7.28. The molecule has 1 amide bonds. The summed E-state index contributed by atoms with van der Waals surface area (Å²) >= 11 is 6.07. The Morgan fingerprint density at radius 1 is 1.40 bits per heavy atom. The molecular formula is C21H21ClFN5O2. The second-order valence-corrected chi connectivity index (χ2v) is 8.84. The predicted molar refractivity (Wildman–Crippen MR) is 109 cm³/mol. The highest BCUT2D eigenvalue weighted by molar-refractivity contribution is 6.31. The van der Waals surface area contributed by atoms with E-state index in [0.29, 0.717) is 54.9 Å². The van der Waals surface area contributed by atoms with E-state index in [1.807, 2.05) is 11.8 Å². The van der Waals surface area contributed by atoms with Crippen LogP contribution in [0.4, 0.5) is 4.39 Å². The molecule has 1 N–H and O–H groups in total. The van der Waals surface area contributed by atoms with Gasteiger partial charge in [-0.2, -0.15) is 0 Å². The highest BCUT2D eigenvalue weighted by Gasteiger charge is 2.45. The zero-order valence-electron chi connectivity index (χ0n) is 16.5. The number of carbonyl (C=O) groups excluding carboxylic acids is 1. The summed E-state index contributed by atoms with van der Waals surface area (Å²) in [7, 11) is 0. The van der Waals surface area contributed by atoms with Gasteiger partial charge in [0.15, 0.2) is 11.6 Å². The van der Waals surface area contributed by atoms with Crippen LogP contribution in [0.25, 0.3) is 22.4 Å². The van der Waals surface area contributed by atoms with Gasteiger partial charge in [0, 0.05) is 36.4 Å². The van der Waals surface area contributed by atoms with Gasteiger partial charge in [-0.3, -0.25) is 4.79 Å². The summed E-state index contributed by atoms with van der Waals surface area (Å²) in [6, 6.07) is 1.79. The molecule has 2 aliphatic rings. The molecule has 0 bridgehead atoms. The van der Waals surface area contributed by atoms with Gasteiger partial charge < -0.3 is 14.6 Å². The number of likely N-dealkylation sites (tertiary alicyclic amines) is 1. The van der Waals surface area contributed by atoms with Gasteiger partial charge in [0.2, 0.25) is 5.91 Å². The molecule has 0 saturated carbocycles. The topological polar surface area (TPSA) is 84.0 Å². The molecule has 1 atom stereocenters. The lowest BCUT2D eigenvalue weighted by Gasteiger charge is -2.39. The van der Waals surface area contributed by atoms with E-state index in [1.54, 1.807) is 18.5 Å². The molecule has 9 heteroatoms. The fourth-order valence-electron chi connectivity index (χ4n) is 4.21. The van der Waals surface area contributed by atoms with Gasteiger partial charge in [-0.1, -0.05) is 11.6 Å². The molecule has 0 unspecified atom stereocenters. The first kappa shape index (κ1) is 19.4. The third kappa shape index (κ3) is 3.33. The van der Waals surface area contributed by atoms with Crippen LogP contribution in [-0.2, 0) is 16.0 Å². The Bertz CT molecular complexity index is 1130. The quantitative estimate of drug-likeness (QED) is 0.688. The first-order chi connectivity index (χ1) is 14.4. The largest absolute Gasteiger partial charge is 0.379 e. The van der Waals surface area contributed by atoms with Crippen LogP contribution in [0.5, 0.6) is 0 Å². The molecule has 0 radical (unpaired) electrons. The van der Waals surface area contributed by atoms with Crippen LogP contribution in [-0.4, -0.2) is 57.0 Å². The molecule has 0 spiro atoms. The predicted octanol–water partition coefficient (Wildman–Crippen LogP) is 3.24. The highest BCUT2D eigenvalue weighted by Crippen LogP contribution is 2.33. The maximum atomic E-state index is 14.5. The van der Waals surface area contributed by atoms with Crippen LogP contribution >= 0.6 is 11.6 Å². The van der Waals surface area contributed by atoms with Gasteiger partial charge in [-0.25, -0.2) is 19.3 Å². The standard InChI is InChI=1S/C21H21ClFN5O2/c1-21(10-30-11-21)20(29)28-3-2-12(9-28)4-17-16(23)8-26-19(27-17)15-7-25-18-14(15)5-13(22)6-24-18/h5-8,12H,2-4,9-11H2,1H3,(H,24,25)/t12-/m0/s1. The Hall–Kier alpha value is -2.58. The average Bonchev–Trinajstić information content (AvgIpc) is 3.34. The van der Waals surface area contributed by atoms with Crippen molar-refractivity contribution in [1.82, 2.24) is 24.8 Å².